The number of aliphatic hydroxyl groups excluding tert-OH is 1. The second-order valence-corrected chi connectivity index (χ2v) is 10.3. The van der Waals surface area contributed by atoms with Crippen LogP contribution in [0.4, 0.5) is 13.2 Å². The first kappa shape index (κ1) is 22.3. The number of hydrogen-bond acceptors (Lipinski definition) is 6. The standard InChI is InChI=1S/C22H24F3N5O2S/c1-11(2)19(30-10-16(27-28-30)12-3-4-12)21(32)29-9-14(31)8-17(29)20-26-15-6-5-13(22(23,24)25)7-18(15)33-20/h5-7,10-12,14,17,19,31H,3-4,8-9H2,1-2H3. The molecule has 3 aromatic rings. The Labute approximate surface area is 192 Å². The number of likely N-dealkylation sites (tertiary alicyclic amines) is 1. The van der Waals surface area contributed by atoms with Crippen LogP contribution in [0.3, 0.4) is 0 Å². The fourth-order valence-corrected chi connectivity index (χ4v) is 5.55. The minimum Gasteiger partial charge on any atom is -0.391 e. The average Bonchev–Trinajstić information content (AvgIpc) is 3.15. The average molecular weight is 480 g/mol. The lowest BCUT2D eigenvalue weighted by Gasteiger charge is -2.29. The summed E-state index contributed by atoms with van der Waals surface area (Å²) in [7, 11) is 0. The van der Waals surface area contributed by atoms with Crippen molar-refractivity contribution in [3.63, 3.8) is 0 Å². The normalized spacial score (nSPS) is 22.5. The van der Waals surface area contributed by atoms with Crippen LogP contribution in [0, 0.1) is 5.92 Å². The number of aromatic nitrogens is 4. The van der Waals surface area contributed by atoms with Crippen molar-refractivity contribution < 1.29 is 23.1 Å². The van der Waals surface area contributed by atoms with Gasteiger partial charge in [-0.05, 0) is 37.0 Å². The van der Waals surface area contributed by atoms with Crippen molar-refractivity contribution in [1.82, 2.24) is 24.9 Å². The molecule has 3 atom stereocenters. The van der Waals surface area contributed by atoms with Gasteiger partial charge in [0.15, 0.2) is 0 Å². The summed E-state index contributed by atoms with van der Waals surface area (Å²) in [4.78, 5) is 19.8. The molecule has 3 unspecified atom stereocenters. The smallest absolute Gasteiger partial charge is 0.391 e. The quantitative estimate of drug-likeness (QED) is 0.589. The molecule has 1 saturated heterocycles. The maximum atomic E-state index is 13.7. The molecule has 1 aliphatic carbocycles. The molecule has 7 nitrogen and oxygen atoms in total. The van der Waals surface area contributed by atoms with Gasteiger partial charge in [-0.15, -0.1) is 16.4 Å². The van der Waals surface area contributed by atoms with Crippen molar-refractivity contribution in [2.75, 3.05) is 6.54 Å². The fraction of sp³-hybridized carbons (Fsp3) is 0.545. The number of halogens is 3. The highest BCUT2D eigenvalue weighted by Gasteiger charge is 2.42. The van der Waals surface area contributed by atoms with Crippen molar-refractivity contribution in [2.45, 2.75) is 63.4 Å². The fourth-order valence-electron chi connectivity index (χ4n) is 4.42. The topological polar surface area (TPSA) is 84.1 Å². The summed E-state index contributed by atoms with van der Waals surface area (Å²) in [6.07, 6.45) is -0.904. The Morgan fingerprint density at radius 3 is 2.70 bits per heavy atom. The number of benzene rings is 1. The number of rotatable bonds is 5. The van der Waals surface area contributed by atoms with Crippen LogP contribution < -0.4 is 0 Å². The van der Waals surface area contributed by atoms with Crippen LogP contribution in [-0.4, -0.2) is 48.5 Å². The van der Waals surface area contributed by atoms with E-state index in [-0.39, 0.29) is 24.8 Å². The van der Waals surface area contributed by atoms with E-state index < -0.39 is 29.9 Å². The summed E-state index contributed by atoms with van der Waals surface area (Å²) < 4.78 is 41.3. The molecular formula is C22H24F3N5O2S. The molecule has 1 aromatic carbocycles. The molecule has 0 spiro atoms. The van der Waals surface area contributed by atoms with E-state index in [0.717, 1.165) is 42.0 Å². The van der Waals surface area contributed by atoms with Gasteiger partial charge in [-0.3, -0.25) is 4.79 Å². The number of aliphatic hydroxyl groups is 1. The third-order valence-corrected chi connectivity index (χ3v) is 7.39. The van der Waals surface area contributed by atoms with E-state index in [4.69, 9.17) is 0 Å². The molecule has 1 N–H and O–H groups in total. The lowest BCUT2D eigenvalue weighted by atomic mass is 10.0. The first-order valence-electron chi connectivity index (χ1n) is 11.0. The summed E-state index contributed by atoms with van der Waals surface area (Å²) in [5.41, 5.74) is 0.600. The highest BCUT2D eigenvalue weighted by Crippen LogP contribution is 2.41. The van der Waals surface area contributed by atoms with E-state index in [0.29, 0.717) is 21.1 Å². The number of hydrogen-bond donors (Lipinski definition) is 1. The summed E-state index contributed by atoms with van der Waals surface area (Å²) in [6, 6.07) is 2.34. The minimum atomic E-state index is -4.44. The highest BCUT2D eigenvalue weighted by molar-refractivity contribution is 7.18. The largest absolute Gasteiger partial charge is 0.416 e. The zero-order valence-electron chi connectivity index (χ0n) is 18.2. The molecule has 5 rings (SSSR count). The lowest BCUT2D eigenvalue weighted by molar-refractivity contribution is -0.138. The van der Waals surface area contributed by atoms with Gasteiger partial charge in [0.2, 0.25) is 5.91 Å². The van der Waals surface area contributed by atoms with Crippen LogP contribution in [0.5, 0.6) is 0 Å². The summed E-state index contributed by atoms with van der Waals surface area (Å²) in [5, 5.41) is 19.3. The lowest BCUT2D eigenvalue weighted by Crippen LogP contribution is -2.40. The van der Waals surface area contributed by atoms with Gasteiger partial charge in [0, 0.05) is 25.1 Å². The van der Waals surface area contributed by atoms with Gasteiger partial charge >= 0.3 is 6.18 Å². The van der Waals surface area contributed by atoms with Crippen LogP contribution in [-0.2, 0) is 11.0 Å². The predicted molar refractivity (Wildman–Crippen MR) is 116 cm³/mol. The number of β-amino-alcohol motifs (C(OH)–C–C–N with tert-alkyl or cyclic N) is 1. The number of carbonyl (C=O) groups is 1. The maximum Gasteiger partial charge on any atom is 0.416 e. The Balaban J connectivity index is 1.45. The number of fused-ring (bicyclic) bond motifs is 1. The van der Waals surface area contributed by atoms with Crippen LogP contribution in [0.2, 0.25) is 0 Å². The summed E-state index contributed by atoms with van der Waals surface area (Å²) in [6.45, 7) is 4.00. The van der Waals surface area contributed by atoms with Crippen molar-refractivity contribution >= 4 is 27.5 Å². The van der Waals surface area contributed by atoms with Gasteiger partial charge in [0.05, 0.1) is 33.6 Å². The molecule has 0 bridgehead atoms. The molecule has 1 amide bonds. The van der Waals surface area contributed by atoms with Crippen LogP contribution >= 0.6 is 11.3 Å². The van der Waals surface area contributed by atoms with E-state index in [9.17, 15) is 23.1 Å². The monoisotopic (exact) mass is 479 g/mol. The Morgan fingerprint density at radius 1 is 1.27 bits per heavy atom. The zero-order valence-corrected chi connectivity index (χ0v) is 19.0. The van der Waals surface area contributed by atoms with Crippen LogP contribution in [0.25, 0.3) is 10.2 Å². The van der Waals surface area contributed by atoms with Gasteiger partial charge in [-0.1, -0.05) is 19.1 Å². The number of nitrogens with zero attached hydrogens (tertiary/aromatic N) is 5. The molecule has 0 radical (unpaired) electrons. The third kappa shape index (κ3) is 4.23. The van der Waals surface area contributed by atoms with E-state index in [1.54, 1.807) is 9.58 Å². The van der Waals surface area contributed by atoms with E-state index >= 15 is 0 Å². The summed E-state index contributed by atoms with van der Waals surface area (Å²) in [5.74, 6) is 0.135. The SMILES string of the molecule is CC(C)C(C(=O)N1CC(O)CC1c1nc2ccc(C(F)(F)F)cc2s1)n1cc(C2CC2)nn1. The first-order chi connectivity index (χ1) is 15.6. The third-order valence-electron chi connectivity index (χ3n) is 6.27. The Hall–Kier alpha value is -2.53. The van der Waals surface area contributed by atoms with Gasteiger partial charge in [-0.2, -0.15) is 13.2 Å². The number of carbonyl (C=O) groups excluding carboxylic acids is 1. The van der Waals surface area contributed by atoms with Crippen molar-refractivity contribution in [3.8, 4) is 0 Å². The molecular weight excluding hydrogens is 455 g/mol. The van der Waals surface area contributed by atoms with Crippen molar-refractivity contribution in [1.29, 1.82) is 0 Å². The summed E-state index contributed by atoms with van der Waals surface area (Å²) >= 11 is 1.13. The van der Waals surface area contributed by atoms with E-state index in [2.05, 4.69) is 15.3 Å². The second kappa shape index (κ2) is 8.05. The number of thiazole rings is 1. The maximum absolute atomic E-state index is 13.7. The molecule has 3 heterocycles. The number of alkyl halides is 3. The minimum absolute atomic E-state index is 0.0747. The molecule has 1 saturated carbocycles. The molecule has 176 valence electrons. The zero-order chi connectivity index (χ0) is 23.5. The molecule has 2 aromatic heterocycles. The Morgan fingerprint density at radius 2 is 2.03 bits per heavy atom. The van der Waals surface area contributed by atoms with Gasteiger partial charge in [0.25, 0.3) is 0 Å². The van der Waals surface area contributed by atoms with E-state index in [1.807, 2.05) is 20.0 Å². The number of amides is 1. The molecule has 11 heteroatoms. The Kier molecular flexibility index (Phi) is 5.43. The van der Waals surface area contributed by atoms with Gasteiger partial charge in [-0.25, -0.2) is 9.67 Å². The molecule has 33 heavy (non-hydrogen) atoms. The molecule has 2 fully saturated rings. The molecule has 1 aliphatic heterocycles. The first-order valence-corrected chi connectivity index (χ1v) is 11.8. The van der Waals surface area contributed by atoms with Crippen molar-refractivity contribution in [3.05, 3.63) is 40.7 Å². The van der Waals surface area contributed by atoms with E-state index in [1.165, 1.54) is 6.07 Å². The van der Waals surface area contributed by atoms with Crippen LogP contribution in [0.1, 0.15) is 67.4 Å². The van der Waals surface area contributed by atoms with Crippen LogP contribution in [0.15, 0.2) is 24.4 Å². The second-order valence-electron chi connectivity index (χ2n) is 9.21. The van der Waals surface area contributed by atoms with Gasteiger partial charge in [0.1, 0.15) is 11.0 Å². The molecule has 2 aliphatic rings. The van der Waals surface area contributed by atoms with Gasteiger partial charge < -0.3 is 10.0 Å². The van der Waals surface area contributed by atoms with Crippen molar-refractivity contribution in [2.24, 2.45) is 5.92 Å². The predicted octanol–water partition coefficient (Wildman–Crippen LogP) is 4.32. The Bertz CT molecular complexity index is 1190. The highest BCUT2D eigenvalue weighted by atomic mass is 32.1.